The molecule has 2 N–H and O–H groups in total. The number of carbonyl (C=O) groups excluding carboxylic acids is 4. The lowest BCUT2D eigenvalue weighted by Gasteiger charge is -2.20. The van der Waals surface area contributed by atoms with Gasteiger partial charge in [0.1, 0.15) is 12.1 Å². The normalized spacial score (nSPS) is 19.5. The Morgan fingerprint density at radius 2 is 1.87 bits per heavy atom. The first-order valence-electron chi connectivity index (χ1n) is 10.5. The number of imide groups is 1. The fraction of sp³-hybridized carbons (Fsp3) is 0.545. The highest BCUT2D eigenvalue weighted by Gasteiger charge is 2.52. The van der Waals surface area contributed by atoms with Gasteiger partial charge >= 0.3 is 12.0 Å². The lowest BCUT2D eigenvalue weighted by atomic mass is 9.97. The summed E-state index contributed by atoms with van der Waals surface area (Å²) in [6.07, 6.45) is 2.74. The van der Waals surface area contributed by atoms with Crippen LogP contribution in [0, 0.1) is 0 Å². The van der Waals surface area contributed by atoms with Gasteiger partial charge in [0, 0.05) is 5.69 Å². The van der Waals surface area contributed by atoms with Crippen LogP contribution in [-0.2, 0) is 19.1 Å². The molecule has 1 saturated carbocycles. The van der Waals surface area contributed by atoms with Gasteiger partial charge in [-0.2, -0.15) is 0 Å². The third-order valence-corrected chi connectivity index (χ3v) is 6.03. The molecule has 3 rings (SSSR count). The van der Waals surface area contributed by atoms with Gasteiger partial charge in [0.25, 0.3) is 11.8 Å². The molecule has 0 radical (unpaired) electrons. The molecule has 30 heavy (non-hydrogen) atoms. The smallest absolute Gasteiger partial charge is 0.327 e. The van der Waals surface area contributed by atoms with Crippen LogP contribution in [0.5, 0.6) is 0 Å². The van der Waals surface area contributed by atoms with E-state index in [0.29, 0.717) is 18.5 Å². The Bertz CT molecular complexity index is 847. The predicted molar refractivity (Wildman–Crippen MR) is 111 cm³/mol. The van der Waals surface area contributed by atoms with Gasteiger partial charge in [0.05, 0.1) is 0 Å². The SMILES string of the molecule is CC[C@H](C)c1ccccc1NC(=O)[C@@H](C)OC(=O)CN1C(=O)NC2(CCCC2)C1=O. The van der Waals surface area contributed by atoms with Gasteiger partial charge in [-0.25, -0.2) is 4.79 Å². The van der Waals surface area contributed by atoms with Gasteiger partial charge in [-0.1, -0.05) is 44.9 Å². The van der Waals surface area contributed by atoms with Crippen LogP contribution in [0.15, 0.2) is 24.3 Å². The van der Waals surface area contributed by atoms with Crippen molar-refractivity contribution in [1.29, 1.82) is 0 Å². The Morgan fingerprint density at radius 3 is 2.53 bits per heavy atom. The van der Waals surface area contributed by atoms with Gasteiger partial charge in [-0.05, 0) is 43.7 Å². The zero-order chi connectivity index (χ0) is 21.9. The van der Waals surface area contributed by atoms with E-state index in [4.69, 9.17) is 4.74 Å². The van der Waals surface area contributed by atoms with Gasteiger partial charge < -0.3 is 15.4 Å². The summed E-state index contributed by atoms with van der Waals surface area (Å²) in [4.78, 5) is 50.5. The zero-order valence-corrected chi connectivity index (χ0v) is 17.7. The number of para-hydroxylation sites is 1. The highest BCUT2D eigenvalue weighted by molar-refractivity contribution is 6.09. The number of urea groups is 1. The molecule has 162 valence electrons. The van der Waals surface area contributed by atoms with Gasteiger partial charge in [-0.3, -0.25) is 19.3 Å². The third-order valence-electron chi connectivity index (χ3n) is 6.03. The second-order valence-corrected chi connectivity index (χ2v) is 8.13. The van der Waals surface area contributed by atoms with Crippen molar-refractivity contribution >= 4 is 29.5 Å². The highest BCUT2D eigenvalue weighted by Crippen LogP contribution is 2.35. The van der Waals surface area contributed by atoms with Crippen LogP contribution < -0.4 is 10.6 Å². The van der Waals surface area contributed by atoms with Crippen molar-refractivity contribution in [2.75, 3.05) is 11.9 Å². The number of hydrogen-bond acceptors (Lipinski definition) is 5. The number of benzene rings is 1. The molecule has 2 fully saturated rings. The van der Waals surface area contributed by atoms with Gasteiger partial charge in [-0.15, -0.1) is 0 Å². The Morgan fingerprint density at radius 1 is 1.20 bits per heavy atom. The maximum atomic E-state index is 12.6. The van der Waals surface area contributed by atoms with Crippen molar-refractivity contribution in [3.8, 4) is 0 Å². The number of anilines is 1. The van der Waals surface area contributed by atoms with Gasteiger partial charge in [0.15, 0.2) is 6.10 Å². The van der Waals surface area contributed by atoms with Crippen LogP contribution >= 0.6 is 0 Å². The molecule has 0 unspecified atom stereocenters. The van der Waals surface area contributed by atoms with E-state index in [1.807, 2.05) is 24.3 Å². The molecule has 8 heteroatoms. The number of hydrogen-bond donors (Lipinski definition) is 2. The van der Waals surface area contributed by atoms with Gasteiger partial charge in [0.2, 0.25) is 0 Å². The summed E-state index contributed by atoms with van der Waals surface area (Å²) < 4.78 is 5.20. The third kappa shape index (κ3) is 4.32. The molecule has 2 atom stereocenters. The first kappa shape index (κ1) is 21.8. The van der Waals surface area contributed by atoms with E-state index >= 15 is 0 Å². The van der Waals surface area contributed by atoms with Crippen LogP contribution in [0.4, 0.5) is 10.5 Å². The van der Waals surface area contributed by atoms with Crippen LogP contribution in [0.2, 0.25) is 0 Å². The molecule has 4 amide bonds. The topological polar surface area (TPSA) is 105 Å². The Hall–Kier alpha value is -2.90. The van der Waals surface area contributed by atoms with Crippen molar-refractivity contribution in [2.24, 2.45) is 0 Å². The Balaban J connectivity index is 1.58. The van der Waals surface area contributed by atoms with Crippen LogP contribution in [0.25, 0.3) is 0 Å². The highest BCUT2D eigenvalue weighted by atomic mass is 16.5. The molecule has 1 saturated heterocycles. The first-order chi connectivity index (χ1) is 14.3. The second kappa shape index (κ2) is 8.85. The average Bonchev–Trinajstić information content (AvgIpc) is 3.28. The number of nitrogens with zero attached hydrogens (tertiary/aromatic N) is 1. The standard InChI is InChI=1S/C22H29N3O5/c1-4-14(2)16-9-5-6-10-17(16)23-19(27)15(3)30-18(26)13-25-20(28)22(24-21(25)29)11-7-8-12-22/h5-6,9-10,14-15H,4,7-8,11-13H2,1-3H3,(H,23,27)(H,24,29)/t14-,15+/m0/s1. The molecule has 1 aliphatic heterocycles. The quantitative estimate of drug-likeness (QED) is 0.526. The van der Waals surface area contributed by atoms with E-state index in [0.717, 1.165) is 29.7 Å². The van der Waals surface area contributed by atoms with Crippen molar-refractivity contribution < 1.29 is 23.9 Å². The van der Waals surface area contributed by atoms with Crippen LogP contribution in [0.3, 0.4) is 0 Å². The fourth-order valence-electron chi connectivity index (χ4n) is 4.05. The molecule has 8 nitrogen and oxygen atoms in total. The lowest BCUT2D eigenvalue weighted by Crippen LogP contribution is -2.44. The molecule has 1 aliphatic carbocycles. The minimum Gasteiger partial charge on any atom is -0.451 e. The summed E-state index contributed by atoms with van der Waals surface area (Å²) in [6, 6.07) is 6.92. The first-order valence-corrected chi connectivity index (χ1v) is 10.5. The summed E-state index contributed by atoms with van der Waals surface area (Å²) in [5.41, 5.74) is 0.810. The fourth-order valence-corrected chi connectivity index (χ4v) is 4.05. The van der Waals surface area contributed by atoms with E-state index in [9.17, 15) is 19.2 Å². The minimum atomic E-state index is -1.07. The van der Waals surface area contributed by atoms with Crippen LogP contribution in [-0.4, -0.2) is 46.9 Å². The minimum absolute atomic E-state index is 0.266. The maximum absolute atomic E-state index is 12.6. The van der Waals surface area contributed by atoms with Crippen molar-refractivity contribution in [3.63, 3.8) is 0 Å². The number of esters is 1. The molecule has 0 aromatic heterocycles. The second-order valence-electron chi connectivity index (χ2n) is 8.13. The number of amides is 4. The summed E-state index contributed by atoms with van der Waals surface area (Å²) in [5, 5.41) is 5.52. The molecule has 1 aromatic carbocycles. The van der Waals surface area contributed by atoms with E-state index < -0.39 is 36.1 Å². The molecule has 0 bridgehead atoms. The summed E-state index contributed by atoms with van der Waals surface area (Å²) in [7, 11) is 0. The number of ether oxygens (including phenoxy) is 1. The van der Waals surface area contributed by atoms with E-state index in [1.165, 1.54) is 6.92 Å². The number of rotatable bonds is 7. The average molecular weight is 415 g/mol. The maximum Gasteiger partial charge on any atom is 0.327 e. The molecular weight excluding hydrogens is 386 g/mol. The largest absolute Gasteiger partial charge is 0.451 e. The Labute approximate surface area is 176 Å². The summed E-state index contributed by atoms with van der Waals surface area (Å²) >= 11 is 0. The van der Waals surface area contributed by atoms with E-state index in [-0.39, 0.29) is 11.8 Å². The summed E-state index contributed by atoms with van der Waals surface area (Å²) in [5.74, 6) is -1.39. The van der Waals surface area contributed by atoms with Crippen molar-refractivity contribution in [1.82, 2.24) is 10.2 Å². The number of carbonyl (C=O) groups is 4. The Kier molecular flexibility index (Phi) is 6.43. The van der Waals surface area contributed by atoms with E-state index in [2.05, 4.69) is 24.5 Å². The predicted octanol–water partition coefficient (Wildman–Crippen LogP) is 2.93. The molecule has 1 heterocycles. The van der Waals surface area contributed by atoms with Crippen molar-refractivity contribution in [3.05, 3.63) is 29.8 Å². The number of nitrogens with one attached hydrogen (secondary N) is 2. The van der Waals surface area contributed by atoms with E-state index in [1.54, 1.807) is 0 Å². The van der Waals surface area contributed by atoms with Crippen LogP contribution in [0.1, 0.15) is 64.4 Å². The molecule has 1 spiro atoms. The monoisotopic (exact) mass is 415 g/mol. The lowest BCUT2D eigenvalue weighted by molar-refractivity contribution is -0.155. The van der Waals surface area contributed by atoms with Crippen molar-refractivity contribution in [2.45, 2.75) is 70.4 Å². The molecular formula is C22H29N3O5. The summed E-state index contributed by atoms with van der Waals surface area (Å²) in [6.45, 7) is 5.10. The molecule has 1 aromatic rings. The zero-order valence-electron chi connectivity index (χ0n) is 17.7. The molecule has 2 aliphatic rings.